The van der Waals surface area contributed by atoms with E-state index in [1.54, 1.807) is 17.1 Å². The molecule has 1 aromatic carbocycles. The first-order valence-electron chi connectivity index (χ1n) is 7.31. The monoisotopic (exact) mass is 327 g/mol. The number of hydrogen-bond acceptors (Lipinski definition) is 5. The summed E-state index contributed by atoms with van der Waals surface area (Å²) < 4.78 is 7.21. The first-order chi connectivity index (χ1) is 11.1. The Hall–Kier alpha value is -2.47. The normalized spacial score (nSPS) is 12.1. The maximum Gasteiger partial charge on any atom is 0.350 e. The van der Waals surface area contributed by atoms with Crippen molar-refractivity contribution in [1.82, 2.24) is 14.8 Å². The van der Waals surface area contributed by atoms with Crippen LogP contribution in [0.3, 0.4) is 0 Å². The highest BCUT2D eigenvalue weighted by atomic mass is 32.1. The van der Waals surface area contributed by atoms with Crippen molar-refractivity contribution >= 4 is 17.3 Å². The van der Waals surface area contributed by atoms with Crippen LogP contribution in [-0.4, -0.2) is 26.8 Å². The standard InChI is InChI=1S/C17H17N3O2S/c1-12(8-13-6-4-3-5-7-13)22-17(21)15-10-18-16(23-15)14-9-19-20(2)11-14/h3-7,9-12H,8H2,1-2H3/t12-/m1/s1. The number of benzene rings is 1. The van der Waals surface area contributed by atoms with Gasteiger partial charge in [0, 0.05) is 25.2 Å². The summed E-state index contributed by atoms with van der Waals surface area (Å²) in [4.78, 5) is 17.0. The highest BCUT2D eigenvalue weighted by Gasteiger charge is 2.16. The van der Waals surface area contributed by atoms with Gasteiger partial charge in [-0.05, 0) is 12.5 Å². The molecule has 0 saturated carbocycles. The SMILES string of the molecule is C[C@H](Cc1ccccc1)OC(=O)c1cnc(-c2cnn(C)c2)s1. The average Bonchev–Trinajstić information content (AvgIpc) is 3.16. The van der Waals surface area contributed by atoms with Crippen LogP contribution in [-0.2, 0) is 18.2 Å². The fourth-order valence-corrected chi connectivity index (χ4v) is 3.04. The number of carbonyl (C=O) groups is 1. The summed E-state index contributed by atoms with van der Waals surface area (Å²) in [6.45, 7) is 1.90. The average molecular weight is 327 g/mol. The molecule has 0 aliphatic carbocycles. The Labute approximate surface area is 138 Å². The molecule has 3 aromatic rings. The minimum Gasteiger partial charge on any atom is -0.458 e. The molecule has 6 heteroatoms. The van der Waals surface area contributed by atoms with Crippen molar-refractivity contribution in [3.05, 3.63) is 59.4 Å². The largest absolute Gasteiger partial charge is 0.458 e. The van der Waals surface area contributed by atoms with Crippen LogP contribution in [0.5, 0.6) is 0 Å². The molecule has 0 saturated heterocycles. The van der Waals surface area contributed by atoms with E-state index in [4.69, 9.17) is 4.74 Å². The molecule has 0 bridgehead atoms. The number of carbonyl (C=O) groups excluding carboxylic acids is 1. The zero-order chi connectivity index (χ0) is 16.2. The van der Waals surface area contributed by atoms with Crippen LogP contribution in [0.25, 0.3) is 10.6 Å². The first kappa shape index (κ1) is 15.4. The van der Waals surface area contributed by atoms with Gasteiger partial charge in [-0.25, -0.2) is 9.78 Å². The van der Waals surface area contributed by atoms with E-state index in [2.05, 4.69) is 10.1 Å². The van der Waals surface area contributed by atoms with E-state index in [1.165, 1.54) is 11.3 Å². The van der Waals surface area contributed by atoms with Gasteiger partial charge in [0.05, 0.1) is 12.4 Å². The third-order valence-electron chi connectivity index (χ3n) is 3.33. The van der Waals surface area contributed by atoms with Crippen LogP contribution >= 0.6 is 11.3 Å². The van der Waals surface area contributed by atoms with E-state index in [9.17, 15) is 4.79 Å². The van der Waals surface area contributed by atoms with Crippen LogP contribution in [0.2, 0.25) is 0 Å². The maximum atomic E-state index is 12.2. The third-order valence-corrected chi connectivity index (χ3v) is 4.36. The van der Waals surface area contributed by atoms with E-state index in [-0.39, 0.29) is 12.1 Å². The summed E-state index contributed by atoms with van der Waals surface area (Å²) in [5.74, 6) is -0.332. The molecule has 1 atom stereocenters. The number of aromatic nitrogens is 3. The number of nitrogens with zero attached hydrogens (tertiary/aromatic N) is 3. The first-order valence-corrected chi connectivity index (χ1v) is 8.13. The predicted octanol–water partition coefficient (Wildman–Crippen LogP) is 3.33. The number of thiazole rings is 1. The van der Waals surface area contributed by atoms with Crippen molar-refractivity contribution in [3.63, 3.8) is 0 Å². The van der Waals surface area contributed by atoms with Crippen molar-refractivity contribution in [3.8, 4) is 10.6 Å². The van der Waals surface area contributed by atoms with Gasteiger partial charge in [-0.15, -0.1) is 11.3 Å². The Kier molecular flexibility index (Phi) is 4.52. The summed E-state index contributed by atoms with van der Waals surface area (Å²) >= 11 is 1.32. The highest BCUT2D eigenvalue weighted by molar-refractivity contribution is 7.16. The van der Waals surface area contributed by atoms with Crippen LogP contribution in [0.15, 0.2) is 48.9 Å². The molecule has 0 amide bonds. The lowest BCUT2D eigenvalue weighted by Gasteiger charge is -2.12. The molecule has 0 aliphatic heterocycles. The van der Waals surface area contributed by atoms with E-state index in [0.29, 0.717) is 11.3 Å². The maximum absolute atomic E-state index is 12.2. The molecule has 0 spiro atoms. The van der Waals surface area contributed by atoms with Crippen molar-refractivity contribution in [2.45, 2.75) is 19.4 Å². The van der Waals surface area contributed by atoms with Gasteiger partial charge >= 0.3 is 5.97 Å². The second-order valence-corrected chi connectivity index (χ2v) is 6.37. The molecule has 2 heterocycles. The van der Waals surface area contributed by atoms with Crippen molar-refractivity contribution in [2.75, 3.05) is 0 Å². The zero-order valence-electron chi connectivity index (χ0n) is 13.0. The molecule has 0 N–H and O–H groups in total. The van der Waals surface area contributed by atoms with Crippen LogP contribution < -0.4 is 0 Å². The number of aryl methyl sites for hydroxylation is 1. The van der Waals surface area contributed by atoms with Gasteiger partial charge in [0.25, 0.3) is 0 Å². The molecule has 5 nitrogen and oxygen atoms in total. The molecule has 23 heavy (non-hydrogen) atoms. The number of ether oxygens (including phenoxy) is 1. The quantitative estimate of drug-likeness (QED) is 0.675. The summed E-state index contributed by atoms with van der Waals surface area (Å²) in [6, 6.07) is 9.98. The van der Waals surface area contributed by atoms with E-state index in [0.717, 1.165) is 16.1 Å². The summed E-state index contributed by atoms with van der Waals surface area (Å²) in [7, 11) is 1.84. The van der Waals surface area contributed by atoms with Crippen LogP contribution in [0, 0.1) is 0 Å². The van der Waals surface area contributed by atoms with Gasteiger partial charge in [0.15, 0.2) is 0 Å². The van der Waals surface area contributed by atoms with Gasteiger partial charge < -0.3 is 4.74 Å². The third kappa shape index (κ3) is 3.84. The smallest absolute Gasteiger partial charge is 0.350 e. The van der Waals surface area contributed by atoms with Gasteiger partial charge in [-0.1, -0.05) is 30.3 Å². The van der Waals surface area contributed by atoms with Crippen molar-refractivity contribution < 1.29 is 9.53 Å². The lowest BCUT2D eigenvalue weighted by atomic mass is 10.1. The molecule has 3 rings (SSSR count). The van der Waals surface area contributed by atoms with Crippen LogP contribution in [0.4, 0.5) is 0 Å². The molecule has 118 valence electrons. The minimum atomic E-state index is -0.332. The molecule has 2 aromatic heterocycles. The highest BCUT2D eigenvalue weighted by Crippen LogP contribution is 2.25. The lowest BCUT2D eigenvalue weighted by Crippen LogP contribution is -2.16. The summed E-state index contributed by atoms with van der Waals surface area (Å²) in [6.07, 6.45) is 5.66. The van der Waals surface area contributed by atoms with Gasteiger partial charge in [-0.3, -0.25) is 4.68 Å². The molecule has 0 aliphatic rings. The Morgan fingerprint density at radius 3 is 2.78 bits per heavy atom. The van der Waals surface area contributed by atoms with Crippen LogP contribution in [0.1, 0.15) is 22.2 Å². The fourth-order valence-electron chi connectivity index (χ4n) is 2.26. The fraction of sp³-hybridized carbons (Fsp3) is 0.235. The summed E-state index contributed by atoms with van der Waals surface area (Å²) in [5.41, 5.74) is 2.04. The van der Waals surface area contributed by atoms with Crippen molar-refractivity contribution in [2.24, 2.45) is 7.05 Å². The number of rotatable bonds is 5. The molecular formula is C17H17N3O2S. The Morgan fingerprint density at radius 2 is 2.09 bits per heavy atom. The number of hydrogen-bond donors (Lipinski definition) is 0. The zero-order valence-corrected chi connectivity index (χ0v) is 13.8. The second-order valence-electron chi connectivity index (χ2n) is 5.34. The summed E-state index contributed by atoms with van der Waals surface area (Å²) in [5, 5.41) is 4.87. The Bertz CT molecular complexity index is 795. The molecule has 0 unspecified atom stereocenters. The van der Waals surface area contributed by atoms with Gasteiger partial charge in [0.2, 0.25) is 0 Å². The molecule has 0 fully saturated rings. The Balaban J connectivity index is 1.63. The molecular weight excluding hydrogens is 310 g/mol. The van der Waals surface area contributed by atoms with Gasteiger partial charge in [0.1, 0.15) is 16.0 Å². The van der Waals surface area contributed by atoms with E-state index in [1.807, 2.05) is 50.5 Å². The second kappa shape index (κ2) is 6.75. The van der Waals surface area contributed by atoms with Gasteiger partial charge in [-0.2, -0.15) is 5.10 Å². The van der Waals surface area contributed by atoms with Crippen molar-refractivity contribution in [1.29, 1.82) is 0 Å². The van der Waals surface area contributed by atoms with E-state index < -0.39 is 0 Å². The predicted molar refractivity (Wildman–Crippen MR) is 89.3 cm³/mol. The lowest BCUT2D eigenvalue weighted by molar-refractivity contribution is 0.0348. The molecule has 0 radical (unpaired) electrons. The number of esters is 1. The topological polar surface area (TPSA) is 57.0 Å². The Morgan fingerprint density at radius 1 is 1.30 bits per heavy atom. The minimum absolute atomic E-state index is 0.186. The van der Waals surface area contributed by atoms with E-state index >= 15 is 0 Å².